The number of halogens is 1. The van der Waals surface area contributed by atoms with E-state index in [4.69, 9.17) is 49.6 Å². The zero-order chi connectivity index (χ0) is 71.6. The van der Waals surface area contributed by atoms with Crippen molar-refractivity contribution in [1.82, 2.24) is 5.32 Å². The molecular weight excluding hydrogens is 1230 g/mol. The molecule has 5 saturated carbocycles. The average Bonchev–Trinajstić information content (AvgIpc) is 3.12. The van der Waals surface area contributed by atoms with Crippen molar-refractivity contribution in [1.29, 1.82) is 0 Å². The van der Waals surface area contributed by atoms with Gasteiger partial charge in [0.2, 0.25) is 0 Å². The van der Waals surface area contributed by atoms with Gasteiger partial charge in [-0.3, -0.25) is 28.2 Å². The van der Waals surface area contributed by atoms with Crippen molar-refractivity contribution in [2.75, 3.05) is 19.3 Å². The standard InChI is InChI=1S/C13H24O5S.C12H21N3O2.C12H22O3.C11H18FN3O2.C11H19N3O3.C6H13NO/c1-9-6-10(12(14)17-13(2,3)4)8-11(7-9)18-19(5,15)16;1-8-5-9(7-10(6-8)14-15-13)11(16)17-12(2,3)4;1-8-5-9(7-10(13)6-8)11(14)15-12(2,3)4;1-11(2,3)17-10(16)7-4-8(12)6-9(5-7)14-15-13;1-11(2,3)17-10(16)7-4-8(13-14-12)6-9(15)5-7;1-5-2-6(8)4-7-3-5/h9-11H,6-8H2,1-5H3;8-10H,5-7H2,1-4H3;8-10,13H,5-7H2,1-4H3;7-9H,4-6H2,1-3H3;7-9,15H,4-6H2,1-3H3;5-8H,2-4H2,1H3/t9-,10?,11-;8-,9?,10+;8-,9?,10-;7?,8-,9+;7?,8-,9-;5-,6+/m000101/s1. The number of ether oxygens (including phenoxy) is 5. The molecule has 0 aromatic rings. The monoisotopic (exact) mass is 1340 g/mol. The van der Waals surface area contributed by atoms with Crippen LogP contribution in [0.5, 0.6) is 0 Å². The molecule has 6 aliphatic rings. The molecule has 0 spiro atoms. The number of piperidine rings is 1. The maximum atomic E-state index is 13.4. The van der Waals surface area contributed by atoms with E-state index in [9.17, 15) is 47.0 Å². The predicted octanol–water partition coefficient (Wildman–Crippen LogP) is 13.0. The summed E-state index contributed by atoms with van der Waals surface area (Å²) < 4.78 is 67.3. The number of hydrogen-bond donors (Lipinski definition) is 4. The fraction of sp³-hybridized carbons (Fsp3) is 0.923. The van der Waals surface area contributed by atoms with Crippen LogP contribution < -0.4 is 5.32 Å². The van der Waals surface area contributed by atoms with Crippen LogP contribution in [0.4, 0.5) is 4.39 Å². The fourth-order valence-electron chi connectivity index (χ4n) is 12.0. The Morgan fingerprint density at radius 2 is 0.710 bits per heavy atom. The summed E-state index contributed by atoms with van der Waals surface area (Å²) in [5.74, 6) is -1.03. The van der Waals surface area contributed by atoms with Gasteiger partial charge in [0.25, 0.3) is 10.1 Å². The third-order valence-electron chi connectivity index (χ3n) is 15.2. The van der Waals surface area contributed by atoms with E-state index < -0.39 is 74.4 Å². The average molecular weight is 1350 g/mol. The summed E-state index contributed by atoms with van der Waals surface area (Å²) in [4.78, 5) is 67.6. The van der Waals surface area contributed by atoms with Crippen LogP contribution in [0.1, 0.15) is 234 Å². The predicted molar refractivity (Wildman–Crippen MR) is 352 cm³/mol. The smallest absolute Gasteiger partial charge is 0.309 e. The Balaban J connectivity index is 0.000000565. The van der Waals surface area contributed by atoms with Crippen LogP contribution in [-0.4, -0.2) is 150 Å². The van der Waals surface area contributed by atoms with Gasteiger partial charge >= 0.3 is 29.8 Å². The van der Waals surface area contributed by atoms with E-state index in [1.807, 2.05) is 69.2 Å². The summed E-state index contributed by atoms with van der Waals surface area (Å²) >= 11 is 0. The van der Waals surface area contributed by atoms with Gasteiger partial charge in [-0.2, -0.15) is 8.42 Å². The van der Waals surface area contributed by atoms with E-state index in [1.165, 1.54) is 0 Å². The van der Waals surface area contributed by atoms with Crippen molar-refractivity contribution in [3.05, 3.63) is 31.3 Å². The Hall–Kier alpha value is -5.04. The van der Waals surface area contributed by atoms with Crippen molar-refractivity contribution in [3.8, 4) is 0 Å². The first kappa shape index (κ1) is 86.0. The van der Waals surface area contributed by atoms with E-state index in [2.05, 4.69) is 56.2 Å². The molecule has 6 rings (SSSR count). The highest BCUT2D eigenvalue weighted by atomic mass is 32.2. The van der Waals surface area contributed by atoms with Crippen molar-refractivity contribution in [2.45, 2.75) is 311 Å². The highest BCUT2D eigenvalue weighted by Crippen LogP contribution is 2.36. The number of β-amino-alcohol motifs (C(OH)–C–C–N with tert-alkyl or cyclic N) is 1. The maximum Gasteiger partial charge on any atom is 0.309 e. The molecule has 26 nitrogen and oxygen atoms in total. The van der Waals surface area contributed by atoms with Gasteiger partial charge in [0.15, 0.2) is 0 Å². The van der Waals surface area contributed by atoms with Gasteiger partial charge in [-0.05, 0) is 253 Å². The molecule has 5 aliphatic carbocycles. The molecule has 536 valence electrons. The van der Waals surface area contributed by atoms with E-state index in [-0.39, 0.29) is 90.6 Å². The molecule has 5 unspecified atom stereocenters. The van der Waals surface area contributed by atoms with E-state index >= 15 is 0 Å². The van der Waals surface area contributed by atoms with Gasteiger partial charge in [0.05, 0.1) is 60.3 Å². The van der Waals surface area contributed by atoms with Gasteiger partial charge in [0, 0.05) is 39.4 Å². The fourth-order valence-corrected chi connectivity index (χ4v) is 12.7. The van der Waals surface area contributed by atoms with E-state index in [0.717, 1.165) is 57.9 Å². The molecule has 4 N–H and O–H groups in total. The molecule has 0 radical (unpaired) electrons. The van der Waals surface area contributed by atoms with Crippen molar-refractivity contribution < 1.29 is 80.0 Å². The van der Waals surface area contributed by atoms with Crippen LogP contribution >= 0.6 is 0 Å². The quantitative estimate of drug-likeness (QED) is 0.0394. The van der Waals surface area contributed by atoms with Gasteiger partial charge in [-0.1, -0.05) is 43.0 Å². The summed E-state index contributed by atoms with van der Waals surface area (Å²) in [6, 6.07) is -0.830. The zero-order valence-electron chi connectivity index (χ0n) is 59.5. The number of carbonyl (C=O) groups excluding carboxylic acids is 5. The molecule has 0 amide bonds. The third kappa shape index (κ3) is 40.8. The molecular formula is C65H117FN10O16S. The highest BCUT2D eigenvalue weighted by molar-refractivity contribution is 7.86. The van der Waals surface area contributed by atoms with Crippen LogP contribution in [0.2, 0.25) is 0 Å². The number of esters is 5. The molecule has 1 aliphatic heterocycles. The van der Waals surface area contributed by atoms with Crippen molar-refractivity contribution in [2.24, 2.45) is 68.6 Å². The molecule has 1 heterocycles. The molecule has 93 heavy (non-hydrogen) atoms. The van der Waals surface area contributed by atoms with E-state index in [1.54, 1.807) is 41.5 Å². The van der Waals surface area contributed by atoms with Gasteiger partial charge in [-0.25, -0.2) is 4.39 Å². The largest absolute Gasteiger partial charge is 0.460 e. The Morgan fingerprint density at radius 3 is 1.04 bits per heavy atom. The van der Waals surface area contributed by atoms with Crippen LogP contribution in [0.25, 0.3) is 31.3 Å². The molecule has 17 atom stereocenters. The molecule has 0 aromatic heterocycles. The zero-order valence-corrected chi connectivity index (χ0v) is 60.3. The summed E-state index contributed by atoms with van der Waals surface area (Å²) in [6.45, 7) is 37.5. The van der Waals surface area contributed by atoms with Crippen LogP contribution in [0.3, 0.4) is 0 Å². The molecule has 0 bridgehead atoms. The third-order valence-corrected chi connectivity index (χ3v) is 15.8. The van der Waals surface area contributed by atoms with Crippen LogP contribution in [0.15, 0.2) is 15.3 Å². The summed E-state index contributed by atoms with van der Waals surface area (Å²) in [5, 5.41) is 42.2. The minimum atomic E-state index is -3.48. The second-order valence-electron chi connectivity index (χ2n) is 31.6. The first-order chi connectivity index (χ1) is 42.5. The number of aliphatic hydroxyl groups excluding tert-OH is 3. The number of nitrogens with zero attached hydrogens (tertiary/aromatic N) is 9. The second-order valence-corrected chi connectivity index (χ2v) is 33.2. The number of hydrogen-bond acceptors (Lipinski definition) is 20. The first-order valence-corrected chi connectivity index (χ1v) is 34.8. The molecule has 0 aromatic carbocycles. The number of azide groups is 3. The van der Waals surface area contributed by atoms with Gasteiger partial charge < -0.3 is 44.3 Å². The van der Waals surface area contributed by atoms with Crippen molar-refractivity contribution >= 4 is 40.0 Å². The normalized spacial score (nSPS) is 30.6. The van der Waals surface area contributed by atoms with Crippen LogP contribution in [0, 0.1) is 53.3 Å². The first-order valence-electron chi connectivity index (χ1n) is 33.0. The second kappa shape index (κ2) is 39.2. The van der Waals surface area contributed by atoms with Crippen LogP contribution in [-0.2, 0) is 62.0 Å². The number of nitrogens with one attached hydrogen (secondary N) is 1. The topological polar surface area (TPSA) is 394 Å². The minimum absolute atomic E-state index is 0.0683. The van der Waals surface area contributed by atoms with Gasteiger partial charge in [-0.15, -0.1) is 0 Å². The van der Waals surface area contributed by atoms with Gasteiger partial charge in [0.1, 0.15) is 34.2 Å². The van der Waals surface area contributed by atoms with Crippen molar-refractivity contribution in [3.63, 3.8) is 0 Å². The van der Waals surface area contributed by atoms with E-state index in [0.29, 0.717) is 69.1 Å². The lowest BCUT2D eigenvalue weighted by molar-refractivity contribution is -0.164. The number of carbonyl (C=O) groups is 5. The molecule has 1 saturated heterocycles. The molecule has 6 fully saturated rings. The lowest BCUT2D eigenvalue weighted by Crippen LogP contribution is -2.38. The number of alkyl halides is 1. The lowest BCUT2D eigenvalue weighted by atomic mass is 9.80. The highest BCUT2D eigenvalue weighted by Gasteiger charge is 2.39. The number of rotatable bonds is 10. The Bertz CT molecular complexity index is 2430. The Morgan fingerprint density at radius 1 is 0.409 bits per heavy atom. The summed E-state index contributed by atoms with van der Waals surface area (Å²) in [6.07, 6.45) is 7.72. The summed E-state index contributed by atoms with van der Waals surface area (Å²) in [7, 11) is -3.48. The maximum absolute atomic E-state index is 13.4. The summed E-state index contributed by atoms with van der Waals surface area (Å²) in [5.41, 5.74) is 22.7. The lowest BCUT2D eigenvalue weighted by Gasteiger charge is -2.32. The molecule has 28 heteroatoms. The Kier molecular flexibility index (Phi) is 36.3. The minimum Gasteiger partial charge on any atom is -0.460 e. The number of aliphatic hydroxyl groups is 3. The Labute approximate surface area is 553 Å². The SMILES string of the molecule is CC(C)(C)OC(=O)C1C[C@@H](F)C[C@@H](N=[N+]=[N-])C1.CC(C)(C)OC(=O)C1C[C@H](O)C[C@@H](N=[N+]=[N-])C1.C[C@H]1CC(C(=O)OC(C)(C)C)C[C@@H](O)C1.C[C@H]1CC(C(=O)OC(C)(C)C)C[C@@H](OS(C)(=O)=O)C1.C[C@H]1CC(C(=O)OC(C)(C)C)C[C@H](N=[N+]=[N-])C1.C[C@H]1CNC[C@@H](O)C1.